The van der Waals surface area contributed by atoms with Crippen LogP contribution in [0.25, 0.3) is 10.9 Å². The molecule has 2 nitrogen and oxygen atoms in total. The van der Waals surface area contributed by atoms with Crippen LogP contribution in [0.15, 0.2) is 30.5 Å². The van der Waals surface area contributed by atoms with Crippen LogP contribution in [0.2, 0.25) is 0 Å². The molecule has 92 valence electrons. The van der Waals surface area contributed by atoms with Crippen molar-refractivity contribution in [3.63, 3.8) is 0 Å². The zero-order valence-corrected chi connectivity index (χ0v) is 10.5. The Morgan fingerprint density at radius 2 is 2.00 bits per heavy atom. The van der Waals surface area contributed by atoms with E-state index < -0.39 is 0 Å². The van der Waals surface area contributed by atoms with Gasteiger partial charge < -0.3 is 9.67 Å². The van der Waals surface area contributed by atoms with Gasteiger partial charge in [0.05, 0.1) is 12.1 Å². The normalized spacial score (nSPS) is 11.2. The van der Waals surface area contributed by atoms with Gasteiger partial charge >= 0.3 is 0 Å². The summed E-state index contributed by atoms with van der Waals surface area (Å²) >= 11 is 0. The highest BCUT2D eigenvalue weighted by molar-refractivity contribution is 5.83. The van der Waals surface area contributed by atoms with Crippen molar-refractivity contribution in [3.8, 4) is 0 Å². The number of nitrogens with zero attached hydrogens (tertiary/aromatic N) is 1. The van der Waals surface area contributed by atoms with Crippen molar-refractivity contribution in [2.75, 3.05) is 0 Å². The molecule has 1 heterocycles. The van der Waals surface area contributed by atoms with E-state index in [1.807, 2.05) is 12.1 Å². The van der Waals surface area contributed by atoms with Crippen LogP contribution in [0.1, 0.15) is 38.2 Å². The van der Waals surface area contributed by atoms with E-state index in [0.29, 0.717) is 0 Å². The summed E-state index contributed by atoms with van der Waals surface area (Å²) in [6.07, 6.45) is 7.23. The van der Waals surface area contributed by atoms with Gasteiger partial charge in [0.15, 0.2) is 0 Å². The third-order valence-electron chi connectivity index (χ3n) is 3.29. The van der Waals surface area contributed by atoms with Gasteiger partial charge in [0, 0.05) is 18.3 Å². The first-order valence-corrected chi connectivity index (χ1v) is 6.54. The van der Waals surface area contributed by atoms with Crippen LogP contribution < -0.4 is 0 Å². The standard InChI is InChI=1S/C15H21NO/c1-2-3-4-5-10-16-11-9-13-7-6-8-14(12-17)15(13)16/h6-9,11,17H,2-5,10,12H2,1H3. The van der Waals surface area contributed by atoms with Gasteiger partial charge in [-0.1, -0.05) is 44.4 Å². The summed E-state index contributed by atoms with van der Waals surface area (Å²) in [6, 6.07) is 8.26. The molecule has 1 aromatic carbocycles. The van der Waals surface area contributed by atoms with Crippen LogP contribution in [0, 0.1) is 0 Å². The highest BCUT2D eigenvalue weighted by Crippen LogP contribution is 2.21. The molecule has 0 aliphatic heterocycles. The average molecular weight is 231 g/mol. The van der Waals surface area contributed by atoms with E-state index >= 15 is 0 Å². The molecule has 0 amide bonds. The Morgan fingerprint density at radius 3 is 2.76 bits per heavy atom. The van der Waals surface area contributed by atoms with Gasteiger partial charge in [-0.2, -0.15) is 0 Å². The molecule has 17 heavy (non-hydrogen) atoms. The highest BCUT2D eigenvalue weighted by Gasteiger charge is 2.05. The smallest absolute Gasteiger partial charge is 0.0702 e. The zero-order valence-electron chi connectivity index (χ0n) is 10.5. The van der Waals surface area contributed by atoms with E-state index in [2.05, 4.69) is 29.8 Å². The van der Waals surface area contributed by atoms with E-state index in [1.54, 1.807) is 0 Å². The van der Waals surface area contributed by atoms with Gasteiger partial charge in [-0.25, -0.2) is 0 Å². The summed E-state index contributed by atoms with van der Waals surface area (Å²) in [7, 11) is 0. The van der Waals surface area contributed by atoms with Crippen molar-refractivity contribution in [1.29, 1.82) is 0 Å². The molecule has 2 rings (SSSR count). The number of hydrogen-bond acceptors (Lipinski definition) is 1. The van der Waals surface area contributed by atoms with Crippen LogP contribution in [-0.2, 0) is 13.2 Å². The Morgan fingerprint density at radius 1 is 1.12 bits per heavy atom. The second-order valence-corrected chi connectivity index (χ2v) is 4.58. The Labute approximate surface area is 103 Å². The fourth-order valence-corrected chi connectivity index (χ4v) is 2.36. The monoisotopic (exact) mass is 231 g/mol. The quantitative estimate of drug-likeness (QED) is 0.753. The number of para-hydroxylation sites is 1. The van der Waals surface area contributed by atoms with Crippen molar-refractivity contribution in [1.82, 2.24) is 4.57 Å². The number of benzene rings is 1. The molecular weight excluding hydrogens is 210 g/mol. The number of hydrogen-bond donors (Lipinski definition) is 1. The summed E-state index contributed by atoms with van der Waals surface area (Å²) in [4.78, 5) is 0. The summed E-state index contributed by atoms with van der Waals surface area (Å²) < 4.78 is 2.27. The van der Waals surface area contributed by atoms with Crippen LogP contribution in [0.3, 0.4) is 0 Å². The molecule has 0 bridgehead atoms. The highest BCUT2D eigenvalue weighted by atomic mass is 16.3. The minimum absolute atomic E-state index is 0.121. The predicted octanol–water partition coefficient (Wildman–Crippen LogP) is 3.71. The fourth-order valence-electron chi connectivity index (χ4n) is 2.36. The zero-order chi connectivity index (χ0) is 12.1. The molecule has 0 aliphatic rings. The van der Waals surface area contributed by atoms with Crippen molar-refractivity contribution in [2.45, 2.75) is 45.8 Å². The van der Waals surface area contributed by atoms with Crippen LogP contribution in [0.5, 0.6) is 0 Å². The fraction of sp³-hybridized carbons (Fsp3) is 0.467. The Balaban J connectivity index is 2.16. The maximum atomic E-state index is 9.37. The lowest BCUT2D eigenvalue weighted by Crippen LogP contribution is -1.98. The number of aryl methyl sites for hydroxylation is 1. The number of rotatable bonds is 6. The lowest BCUT2D eigenvalue weighted by atomic mass is 10.1. The lowest BCUT2D eigenvalue weighted by Gasteiger charge is -2.08. The minimum Gasteiger partial charge on any atom is -0.392 e. The topological polar surface area (TPSA) is 25.2 Å². The summed E-state index contributed by atoms with van der Waals surface area (Å²) in [5, 5.41) is 10.6. The number of unbranched alkanes of at least 4 members (excludes halogenated alkanes) is 3. The first-order valence-electron chi connectivity index (χ1n) is 6.54. The molecule has 0 saturated heterocycles. The van der Waals surface area contributed by atoms with Crippen molar-refractivity contribution in [3.05, 3.63) is 36.0 Å². The number of aromatic nitrogens is 1. The van der Waals surface area contributed by atoms with E-state index in [-0.39, 0.29) is 6.61 Å². The molecule has 1 N–H and O–H groups in total. The Bertz CT molecular complexity index is 473. The second-order valence-electron chi connectivity index (χ2n) is 4.58. The second kappa shape index (κ2) is 5.87. The SMILES string of the molecule is CCCCCCn1ccc2cccc(CO)c21. The summed E-state index contributed by atoms with van der Waals surface area (Å²) in [5.74, 6) is 0. The van der Waals surface area contributed by atoms with Crippen LogP contribution in [-0.4, -0.2) is 9.67 Å². The number of aliphatic hydroxyl groups is 1. The molecule has 0 aliphatic carbocycles. The maximum Gasteiger partial charge on any atom is 0.0702 e. The molecule has 1 aromatic heterocycles. The van der Waals surface area contributed by atoms with Crippen molar-refractivity contribution in [2.24, 2.45) is 0 Å². The van der Waals surface area contributed by atoms with E-state index in [1.165, 1.54) is 36.6 Å². The Kier molecular flexibility index (Phi) is 4.21. The minimum atomic E-state index is 0.121. The first kappa shape index (κ1) is 12.2. The molecule has 0 atom stereocenters. The predicted molar refractivity (Wildman–Crippen MR) is 72.0 cm³/mol. The molecule has 0 unspecified atom stereocenters. The molecule has 0 radical (unpaired) electrons. The van der Waals surface area contributed by atoms with Gasteiger partial charge in [0.1, 0.15) is 0 Å². The van der Waals surface area contributed by atoms with Gasteiger partial charge in [0.25, 0.3) is 0 Å². The summed E-state index contributed by atoms with van der Waals surface area (Å²) in [6.45, 7) is 3.41. The molecule has 2 heteroatoms. The summed E-state index contributed by atoms with van der Waals surface area (Å²) in [5.41, 5.74) is 2.23. The van der Waals surface area contributed by atoms with Gasteiger partial charge in [-0.15, -0.1) is 0 Å². The van der Waals surface area contributed by atoms with Crippen molar-refractivity contribution < 1.29 is 5.11 Å². The van der Waals surface area contributed by atoms with E-state index in [9.17, 15) is 5.11 Å². The molecule has 0 saturated carbocycles. The largest absolute Gasteiger partial charge is 0.392 e. The van der Waals surface area contributed by atoms with Gasteiger partial charge in [-0.3, -0.25) is 0 Å². The number of fused-ring (bicyclic) bond motifs is 1. The van der Waals surface area contributed by atoms with Crippen molar-refractivity contribution >= 4 is 10.9 Å². The van der Waals surface area contributed by atoms with E-state index in [4.69, 9.17) is 0 Å². The van der Waals surface area contributed by atoms with Crippen LogP contribution >= 0.6 is 0 Å². The average Bonchev–Trinajstić information content (AvgIpc) is 2.78. The molecule has 2 aromatic rings. The molecule has 0 fully saturated rings. The molecular formula is C15H21NO. The van der Waals surface area contributed by atoms with E-state index in [0.717, 1.165) is 12.1 Å². The lowest BCUT2D eigenvalue weighted by molar-refractivity contribution is 0.283. The first-order chi connectivity index (χ1) is 8.36. The maximum absolute atomic E-state index is 9.37. The third-order valence-corrected chi connectivity index (χ3v) is 3.29. The third kappa shape index (κ3) is 2.70. The molecule has 0 spiro atoms. The Hall–Kier alpha value is -1.28. The van der Waals surface area contributed by atoms with Gasteiger partial charge in [0.2, 0.25) is 0 Å². The number of aliphatic hydroxyl groups excluding tert-OH is 1. The van der Waals surface area contributed by atoms with Gasteiger partial charge in [-0.05, 0) is 17.9 Å². The van der Waals surface area contributed by atoms with Crippen LogP contribution in [0.4, 0.5) is 0 Å².